The molecule has 25 heavy (non-hydrogen) atoms. The highest BCUT2D eigenvalue weighted by atomic mass is 32.1. The number of primary amides is 1. The number of anilines is 1. The van der Waals surface area contributed by atoms with Crippen LogP contribution in [0.25, 0.3) is 0 Å². The van der Waals surface area contributed by atoms with E-state index in [1.165, 1.54) is 38.9 Å². The van der Waals surface area contributed by atoms with Gasteiger partial charge < -0.3 is 20.7 Å². The quantitative estimate of drug-likeness (QED) is 0.570. The summed E-state index contributed by atoms with van der Waals surface area (Å²) in [5.41, 5.74) is 4.06. The molecule has 0 fully saturated rings. The van der Waals surface area contributed by atoms with Gasteiger partial charge in [-0.15, -0.1) is 0 Å². The van der Waals surface area contributed by atoms with Crippen LogP contribution in [0.15, 0.2) is 12.1 Å². The van der Waals surface area contributed by atoms with E-state index in [4.69, 9.17) is 4.79 Å². The first-order valence-corrected chi connectivity index (χ1v) is 8.26. The molecule has 10 heteroatoms. The number of ether oxygens (including phenoxy) is 1. The van der Waals surface area contributed by atoms with Crippen molar-refractivity contribution >= 4 is 41.4 Å². The van der Waals surface area contributed by atoms with Gasteiger partial charge in [0.2, 0.25) is 5.82 Å². The van der Waals surface area contributed by atoms with Crippen molar-refractivity contribution in [3.05, 3.63) is 23.8 Å². The molecular formula is C15H25F2N3O3S2. The van der Waals surface area contributed by atoms with Crippen molar-refractivity contribution in [3.8, 4) is 5.75 Å². The molecule has 0 heterocycles. The highest BCUT2D eigenvalue weighted by Crippen LogP contribution is 2.25. The minimum absolute atomic E-state index is 0.223. The van der Waals surface area contributed by atoms with Gasteiger partial charge in [0.25, 0.3) is 10.5 Å². The predicted octanol–water partition coefficient (Wildman–Crippen LogP) is 3.78. The van der Waals surface area contributed by atoms with Crippen LogP contribution in [-0.2, 0) is 0 Å². The molecule has 0 aliphatic heterocycles. The molecule has 0 saturated carbocycles. The fourth-order valence-corrected chi connectivity index (χ4v) is 1.69. The predicted molar refractivity (Wildman–Crippen MR) is 103 cm³/mol. The number of benzene rings is 1. The summed E-state index contributed by atoms with van der Waals surface area (Å²) in [6, 6.07) is 2.39. The molecule has 6 nitrogen and oxygen atoms in total. The molecule has 1 rings (SSSR count). The van der Waals surface area contributed by atoms with Gasteiger partial charge in [0.1, 0.15) is 0 Å². The van der Waals surface area contributed by atoms with Gasteiger partial charge in [0, 0.05) is 0 Å². The zero-order valence-electron chi connectivity index (χ0n) is 14.7. The number of hydrogen-bond acceptors (Lipinski definition) is 4. The van der Waals surface area contributed by atoms with Gasteiger partial charge in [0.05, 0.1) is 12.8 Å². The first-order chi connectivity index (χ1) is 11.6. The number of carbonyl (C=O) groups excluding carboxylic acids is 2. The van der Waals surface area contributed by atoms with E-state index >= 15 is 0 Å². The zero-order chi connectivity index (χ0) is 20.0. The van der Waals surface area contributed by atoms with Gasteiger partial charge >= 0.3 is 0 Å². The largest absolute Gasteiger partial charge is 0.494 e. The van der Waals surface area contributed by atoms with Crippen molar-refractivity contribution < 1.29 is 23.1 Å². The Morgan fingerprint density at radius 3 is 1.84 bits per heavy atom. The normalized spacial score (nSPS) is 9.32. The summed E-state index contributed by atoms with van der Waals surface area (Å²) in [4.78, 5) is 21.9. The second kappa shape index (κ2) is 14.8. The van der Waals surface area contributed by atoms with Crippen LogP contribution in [0, 0.1) is 11.6 Å². The number of nitrogens with two attached hydrogens (primary N) is 1. The monoisotopic (exact) mass is 397 g/mol. The second-order valence-electron chi connectivity index (χ2n) is 4.33. The standard InChI is InChI=1S/C8H7F2NO2S.C6H15N.CH3NOS/c1-13-5-3-2-4(11-8(12)14)6(9)7(5)10;1-4-7(5-2)6-3;2-1(3)4/h2-3H,1H3,(H2,11,12,14);4-6H2,1-3H3;(H3,2,3,4). The number of rotatable bonds is 5. The fraction of sp³-hybridized carbons (Fsp3) is 0.467. The summed E-state index contributed by atoms with van der Waals surface area (Å²) in [6.07, 6.45) is 0. The molecule has 0 aromatic heterocycles. The third-order valence-electron chi connectivity index (χ3n) is 2.85. The number of carbonyl (C=O) groups is 2. The van der Waals surface area contributed by atoms with E-state index in [9.17, 15) is 13.6 Å². The summed E-state index contributed by atoms with van der Waals surface area (Å²) in [5.74, 6) is -2.54. The molecule has 0 bridgehead atoms. The molecule has 0 aliphatic rings. The molecule has 0 unspecified atom stereocenters. The number of methoxy groups -OCH3 is 1. The summed E-state index contributed by atoms with van der Waals surface area (Å²) in [7, 11) is 1.22. The molecule has 0 saturated heterocycles. The lowest BCUT2D eigenvalue weighted by Gasteiger charge is -2.13. The maximum absolute atomic E-state index is 13.1. The lowest BCUT2D eigenvalue weighted by molar-refractivity contribution is 0.267. The molecule has 1 aromatic carbocycles. The smallest absolute Gasteiger partial charge is 0.280 e. The van der Waals surface area contributed by atoms with Gasteiger partial charge in [-0.1, -0.05) is 46.0 Å². The molecular weight excluding hydrogens is 372 g/mol. The zero-order valence-corrected chi connectivity index (χ0v) is 16.5. The number of halogens is 2. The Balaban J connectivity index is 0. The summed E-state index contributed by atoms with van der Waals surface area (Å²) in [5, 5.41) is 0.611. The SMILES string of the molecule is CCN(CC)CC.COc1ccc(NC(=O)S)c(F)c1F.NC(=O)S. The lowest BCUT2D eigenvalue weighted by atomic mass is 10.2. The Labute approximate surface area is 157 Å². The average molecular weight is 398 g/mol. The van der Waals surface area contributed by atoms with Crippen LogP contribution < -0.4 is 15.8 Å². The minimum Gasteiger partial charge on any atom is -0.494 e. The number of amides is 2. The first kappa shape index (κ1) is 25.7. The average Bonchev–Trinajstić information content (AvgIpc) is 2.53. The Morgan fingerprint density at radius 2 is 1.56 bits per heavy atom. The molecule has 3 N–H and O–H groups in total. The van der Waals surface area contributed by atoms with E-state index in [2.05, 4.69) is 61.4 Å². The van der Waals surface area contributed by atoms with E-state index in [0.717, 1.165) is 0 Å². The van der Waals surface area contributed by atoms with Crippen LogP contribution in [0.5, 0.6) is 5.75 Å². The molecule has 144 valence electrons. The van der Waals surface area contributed by atoms with Crippen LogP contribution in [0.1, 0.15) is 20.8 Å². The summed E-state index contributed by atoms with van der Waals surface area (Å²) < 4.78 is 30.7. The van der Waals surface area contributed by atoms with E-state index in [1.54, 1.807) is 0 Å². The van der Waals surface area contributed by atoms with Crippen molar-refractivity contribution in [1.82, 2.24) is 4.90 Å². The summed E-state index contributed by atoms with van der Waals surface area (Å²) in [6.45, 7) is 10.1. The molecule has 2 amide bonds. The lowest BCUT2D eigenvalue weighted by Crippen LogP contribution is -2.21. The highest BCUT2D eigenvalue weighted by molar-refractivity contribution is 7.97. The van der Waals surface area contributed by atoms with Crippen LogP contribution >= 0.6 is 25.3 Å². The van der Waals surface area contributed by atoms with Crippen molar-refractivity contribution in [2.75, 3.05) is 32.1 Å². The number of nitrogens with zero attached hydrogens (tertiary/aromatic N) is 1. The van der Waals surface area contributed by atoms with Crippen LogP contribution in [0.4, 0.5) is 24.1 Å². The topological polar surface area (TPSA) is 84.7 Å². The van der Waals surface area contributed by atoms with Crippen LogP contribution in [0.2, 0.25) is 0 Å². The maximum atomic E-state index is 13.1. The van der Waals surface area contributed by atoms with Crippen molar-refractivity contribution in [2.24, 2.45) is 5.73 Å². The number of nitrogens with one attached hydrogen (secondary N) is 1. The van der Waals surface area contributed by atoms with Gasteiger partial charge in [-0.3, -0.25) is 9.59 Å². The fourth-order valence-electron chi connectivity index (χ4n) is 1.57. The Bertz CT molecular complexity index is 535. The van der Waals surface area contributed by atoms with E-state index in [-0.39, 0.29) is 11.4 Å². The molecule has 0 spiro atoms. The summed E-state index contributed by atoms with van der Waals surface area (Å²) >= 11 is 6.47. The van der Waals surface area contributed by atoms with E-state index in [0.29, 0.717) is 0 Å². The maximum Gasteiger partial charge on any atom is 0.280 e. The van der Waals surface area contributed by atoms with Crippen molar-refractivity contribution in [1.29, 1.82) is 0 Å². The van der Waals surface area contributed by atoms with Gasteiger partial charge in [-0.05, 0) is 31.8 Å². The van der Waals surface area contributed by atoms with Gasteiger partial charge in [0.15, 0.2) is 11.6 Å². The number of thiol groups is 2. The van der Waals surface area contributed by atoms with Crippen molar-refractivity contribution in [2.45, 2.75) is 20.8 Å². The Hall–Kier alpha value is -1.52. The van der Waals surface area contributed by atoms with Gasteiger partial charge in [-0.25, -0.2) is 4.39 Å². The second-order valence-corrected chi connectivity index (χ2v) is 5.18. The molecule has 1 aromatic rings. The van der Waals surface area contributed by atoms with Gasteiger partial charge in [-0.2, -0.15) is 4.39 Å². The Kier molecular flexibility index (Phi) is 15.2. The Morgan fingerprint density at radius 1 is 1.12 bits per heavy atom. The minimum atomic E-state index is -1.17. The molecule has 0 atom stereocenters. The molecule has 0 radical (unpaired) electrons. The third kappa shape index (κ3) is 12.5. The van der Waals surface area contributed by atoms with Crippen molar-refractivity contribution in [3.63, 3.8) is 0 Å². The highest BCUT2D eigenvalue weighted by Gasteiger charge is 2.14. The van der Waals surface area contributed by atoms with E-state index in [1.807, 2.05) is 5.32 Å². The van der Waals surface area contributed by atoms with E-state index < -0.39 is 22.1 Å². The number of hydrogen-bond donors (Lipinski definition) is 4. The third-order valence-corrected chi connectivity index (χ3v) is 2.96. The van der Waals surface area contributed by atoms with Crippen LogP contribution in [0.3, 0.4) is 0 Å². The molecule has 0 aliphatic carbocycles. The van der Waals surface area contributed by atoms with Crippen LogP contribution in [-0.4, -0.2) is 42.1 Å². The first-order valence-electron chi connectivity index (χ1n) is 7.37.